The zero-order valence-electron chi connectivity index (χ0n) is 10.2. The Hall–Kier alpha value is -1.46. The molecule has 1 aromatic heterocycles. The molecule has 1 aliphatic heterocycles. The van der Waals surface area contributed by atoms with E-state index in [0.717, 1.165) is 6.07 Å². The number of hydrogen-bond donors (Lipinski definition) is 0. The molecule has 100 valence electrons. The summed E-state index contributed by atoms with van der Waals surface area (Å²) in [4.78, 5) is 11.4. The second-order valence-electron chi connectivity index (χ2n) is 4.50. The zero-order chi connectivity index (χ0) is 13.5. The van der Waals surface area contributed by atoms with Crippen LogP contribution in [0.15, 0.2) is 6.07 Å². The Balaban J connectivity index is 2.32. The summed E-state index contributed by atoms with van der Waals surface area (Å²) < 4.78 is 44.5. The highest BCUT2D eigenvalue weighted by atomic mass is 19.4. The van der Waals surface area contributed by atoms with E-state index in [9.17, 15) is 18.0 Å². The lowest BCUT2D eigenvalue weighted by atomic mass is 9.96. The highest BCUT2D eigenvalue weighted by Crippen LogP contribution is 2.36. The number of hydrogen-bond acceptors (Lipinski definition) is 2. The molecule has 3 nitrogen and oxygen atoms in total. The van der Waals surface area contributed by atoms with E-state index in [-0.39, 0.29) is 17.6 Å². The summed E-state index contributed by atoms with van der Waals surface area (Å²) in [5.41, 5.74) is 0.172. The molecule has 2 rings (SSSR count). The Bertz CT molecular complexity index is 476. The number of carbonyl (C=O) groups is 1. The maximum absolute atomic E-state index is 12.8. The molecule has 2 heterocycles. The third kappa shape index (κ3) is 2.11. The average molecular weight is 261 g/mol. The molecule has 0 aromatic carbocycles. The number of esters is 1. The Morgan fingerprint density at radius 3 is 2.72 bits per heavy atom. The number of alkyl halides is 3. The van der Waals surface area contributed by atoms with Crippen molar-refractivity contribution >= 4 is 5.97 Å². The topological polar surface area (TPSA) is 31.2 Å². The van der Waals surface area contributed by atoms with Gasteiger partial charge in [0.25, 0.3) is 0 Å². The van der Waals surface area contributed by atoms with Crippen LogP contribution in [0.4, 0.5) is 13.2 Å². The van der Waals surface area contributed by atoms with E-state index in [0.29, 0.717) is 25.1 Å². The van der Waals surface area contributed by atoms with Gasteiger partial charge in [-0.25, -0.2) is 0 Å². The standard InChI is InChI=1S/C12H14F3NO2/c1-7-10(12(13,14)15)6-9-5-8(11(17)18-2)3-4-16(7)9/h6,8H,3-5H2,1-2H3. The monoisotopic (exact) mass is 261 g/mol. The number of aromatic nitrogens is 1. The Labute approximate surface area is 103 Å². The molecule has 0 saturated carbocycles. The van der Waals surface area contributed by atoms with Gasteiger partial charge in [-0.1, -0.05) is 0 Å². The van der Waals surface area contributed by atoms with Crippen molar-refractivity contribution in [3.8, 4) is 0 Å². The quantitative estimate of drug-likeness (QED) is 0.727. The van der Waals surface area contributed by atoms with Gasteiger partial charge in [-0.3, -0.25) is 4.79 Å². The number of fused-ring (bicyclic) bond motifs is 1. The number of ether oxygens (including phenoxy) is 1. The number of carbonyl (C=O) groups excluding carboxylic acids is 1. The summed E-state index contributed by atoms with van der Waals surface area (Å²) in [5, 5.41) is 0. The number of rotatable bonds is 1. The molecular weight excluding hydrogens is 247 g/mol. The molecule has 1 aromatic rings. The van der Waals surface area contributed by atoms with Gasteiger partial charge in [0.05, 0.1) is 18.6 Å². The fourth-order valence-electron chi connectivity index (χ4n) is 2.48. The summed E-state index contributed by atoms with van der Waals surface area (Å²) in [5.74, 6) is -0.688. The van der Waals surface area contributed by atoms with E-state index in [1.54, 1.807) is 4.57 Å². The van der Waals surface area contributed by atoms with Gasteiger partial charge in [0.15, 0.2) is 0 Å². The van der Waals surface area contributed by atoms with E-state index in [1.807, 2.05) is 0 Å². The van der Waals surface area contributed by atoms with E-state index in [4.69, 9.17) is 0 Å². The van der Waals surface area contributed by atoms with Crippen molar-refractivity contribution in [2.45, 2.75) is 32.5 Å². The van der Waals surface area contributed by atoms with Crippen molar-refractivity contribution < 1.29 is 22.7 Å². The summed E-state index contributed by atoms with van der Waals surface area (Å²) in [6.07, 6.45) is -3.51. The Morgan fingerprint density at radius 2 is 2.17 bits per heavy atom. The first-order chi connectivity index (χ1) is 8.34. The van der Waals surface area contributed by atoms with Crippen LogP contribution in [0, 0.1) is 12.8 Å². The summed E-state index contributed by atoms with van der Waals surface area (Å²) >= 11 is 0. The minimum atomic E-state index is -4.34. The lowest BCUT2D eigenvalue weighted by Crippen LogP contribution is -2.26. The van der Waals surface area contributed by atoms with Gasteiger partial charge in [-0.2, -0.15) is 13.2 Å². The van der Waals surface area contributed by atoms with Crippen LogP contribution in [0.2, 0.25) is 0 Å². The van der Waals surface area contributed by atoms with Crippen molar-refractivity contribution in [3.05, 3.63) is 23.0 Å². The predicted molar refractivity (Wildman–Crippen MR) is 58.0 cm³/mol. The molecule has 0 N–H and O–H groups in total. The molecule has 1 aliphatic rings. The molecular formula is C12H14F3NO2. The molecule has 0 radical (unpaired) electrons. The average Bonchev–Trinajstić information content (AvgIpc) is 2.65. The lowest BCUT2D eigenvalue weighted by Gasteiger charge is -2.23. The molecule has 0 amide bonds. The molecule has 1 atom stereocenters. The third-order valence-electron chi connectivity index (χ3n) is 3.45. The van der Waals surface area contributed by atoms with Gasteiger partial charge in [-0.15, -0.1) is 0 Å². The summed E-state index contributed by atoms with van der Waals surface area (Å²) in [6.45, 7) is 1.89. The van der Waals surface area contributed by atoms with Crippen LogP contribution in [0.3, 0.4) is 0 Å². The zero-order valence-corrected chi connectivity index (χ0v) is 10.2. The molecule has 18 heavy (non-hydrogen) atoms. The van der Waals surface area contributed by atoms with Crippen LogP contribution in [-0.2, 0) is 28.7 Å². The Morgan fingerprint density at radius 1 is 1.50 bits per heavy atom. The van der Waals surface area contributed by atoms with Crippen LogP contribution in [-0.4, -0.2) is 17.6 Å². The lowest BCUT2D eigenvalue weighted by molar-refractivity contribution is -0.146. The molecule has 6 heteroatoms. The molecule has 0 saturated heterocycles. The molecule has 0 bridgehead atoms. The molecule has 1 unspecified atom stereocenters. The van der Waals surface area contributed by atoms with Crippen LogP contribution >= 0.6 is 0 Å². The SMILES string of the molecule is COC(=O)C1CCn2c(cc(C(F)(F)F)c2C)C1. The largest absolute Gasteiger partial charge is 0.469 e. The molecule has 0 aliphatic carbocycles. The van der Waals surface area contributed by atoms with Crippen molar-refractivity contribution in [2.24, 2.45) is 5.92 Å². The van der Waals surface area contributed by atoms with Gasteiger partial charge < -0.3 is 9.30 Å². The van der Waals surface area contributed by atoms with Crippen LogP contribution in [0.5, 0.6) is 0 Å². The highest BCUT2D eigenvalue weighted by molar-refractivity contribution is 5.72. The van der Waals surface area contributed by atoms with Crippen molar-refractivity contribution in [3.63, 3.8) is 0 Å². The smallest absolute Gasteiger partial charge is 0.418 e. The second kappa shape index (κ2) is 4.33. The van der Waals surface area contributed by atoms with Crippen LogP contribution in [0.25, 0.3) is 0 Å². The van der Waals surface area contributed by atoms with Crippen molar-refractivity contribution in [1.82, 2.24) is 4.57 Å². The first-order valence-electron chi connectivity index (χ1n) is 5.68. The first kappa shape index (κ1) is 13.0. The van der Waals surface area contributed by atoms with Crippen LogP contribution in [0.1, 0.15) is 23.4 Å². The van der Waals surface area contributed by atoms with Crippen LogP contribution < -0.4 is 0 Å². The van der Waals surface area contributed by atoms with Crippen molar-refractivity contribution in [1.29, 1.82) is 0 Å². The summed E-state index contributed by atoms with van der Waals surface area (Å²) in [7, 11) is 1.29. The minimum absolute atomic E-state index is 0.223. The fourth-order valence-corrected chi connectivity index (χ4v) is 2.48. The Kier molecular flexibility index (Phi) is 3.12. The minimum Gasteiger partial charge on any atom is -0.469 e. The van der Waals surface area contributed by atoms with E-state index >= 15 is 0 Å². The maximum atomic E-state index is 12.8. The number of halogens is 3. The van der Waals surface area contributed by atoms with Gasteiger partial charge in [-0.05, 0) is 19.4 Å². The van der Waals surface area contributed by atoms with Crippen molar-refractivity contribution in [2.75, 3.05) is 7.11 Å². The first-order valence-corrected chi connectivity index (χ1v) is 5.68. The van der Waals surface area contributed by atoms with Gasteiger partial charge in [0.1, 0.15) is 0 Å². The van der Waals surface area contributed by atoms with E-state index < -0.39 is 11.7 Å². The normalized spacial score (nSPS) is 19.5. The van der Waals surface area contributed by atoms with Gasteiger partial charge in [0.2, 0.25) is 0 Å². The fraction of sp³-hybridized carbons (Fsp3) is 0.583. The number of methoxy groups -OCH3 is 1. The third-order valence-corrected chi connectivity index (χ3v) is 3.45. The maximum Gasteiger partial charge on any atom is 0.418 e. The van der Waals surface area contributed by atoms with E-state index in [1.165, 1.54) is 14.0 Å². The number of nitrogens with zero attached hydrogens (tertiary/aromatic N) is 1. The molecule has 0 fully saturated rings. The van der Waals surface area contributed by atoms with Gasteiger partial charge in [0, 0.05) is 24.4 Å². The summed E-state index contributed by atoms with van der Waals surface area (Å²) in [6, 6.07) is 1.14. The van der Waals surface area contributed by atoms with Gasteiger partial charge >= 0.3 is 12.1 Å². The highest BCUT2D eigenvalue weighted by Gasteiger charge is 2.37. The molecule has 0 spiro atoms. The predicted octanol–water partition coefficient (Wildman–Crippen LogP) is 2.55. The van der Waals surface area contributed by atoms with E-state index in [2.05, 4.69) is 4.74 Å². The second-order valence-corrected chi connectivity index (χ2v) is 4.50.